The average Bonchev–Trinajstić information content (AvgIpc) is 3.31. The maximum Gasteiger partial charge on any atom is 0.190 e. The third-order valence-electron chi connectivity index (χ3n) is 2.23. The molecule has 0 saturated carbocycles. The molecule has 8 heteroatoms. The van der Waals surface area contributed by atoms with Gasteiger partial charge in [-0.2, -0.15) is 0 Å². The van der Waals surface area contributed by atoms with Gasteiger partial charge in [0.15, 0.2) is 18.7 Å². The fourth-order valence-corrected chi connectivity index (χ4v) is 1.13. The van der Waals surface area contributed by atoms with E-state index in [0.29, 0.717) is 0 Å². The van der Waals surface area contributed by atoms with Crippen molar-refractivity contribution in [2.45, 2.75) is 27.7 Å². The van der Waals surface area contributed by atoms with Crippen molar-refractivity contribution in [1.29, 1.82) is 0 Å². The Morgan fingerprint density at radius 3 is 1.88 bits per heavy atom. The third-order valence-corrected chi connectivity index (χ3v) is 2.23. The normalized spacial score (nSPS) is 8.83. The van der Waals surface area contributed by atoms with Crippen molar-refractivity contribution < 1.29 is 17.8 Å². The van der Waals surface area contributed by atoms with Crippen LogP contribution in [-0.2, 0) is 0 Å². The van der Waals surface area contributed by atoms with Crippen LogP contribution in [0.5, 0.6) is 0 Å². The van der Waals surface area contributed by atoms with Crippen molar-refractivity contribution in [3.8, 4) is 0 Å². The van der Waals surface area contributed by atoms with Gasteiger partial charge < -0.3 is 17.8 Å². The first-order valence-corrected chi connectivity index (χ1v) is 7.01. The molecule has 0 amide bonds. The highest BCUT2D eigenvalue weighted by molar-refractivity contribution is 4.87. The zero-order valence-electron chi connectivity index (χ0n) is 14.0. The predicted molar refractivity (Wildman–Crippen MR) is 85.0 cm³/mol. The van der Waals surface area contributed by atoms with Gasteiger partial charge in [-0.1, -0.05) is 5.16 Å². The van der Waals surface area contributed by atoms with Gasteiger partial charge in [0, 0.05) is 13.0 Å². The van der Waals surface area contributed by atoms with Crippen molar-refractivity contribution in [3.05, 3.63) is 73.1 Å². The summed E-state index contributed by atoms with van der Waals surface area (Å²) in [7, 11) is 0. The average molecular weight is 332 g/mol. The SMILES string of the molecule is Cc1ccno1.Cc1cnco1.Cc1cocn1.Cc1ncco1. The topological polar surface area (TPSA) is 104 Å². The van der Waals surface area contributed by atoms with E-state index in [-0.39, 0.29) is 0 Å². The third kappa shape index (κ3) is 9.72. The fraction of sp³-hybridized carbons (Fsp3) is 0.250. The maximum absolute atomic E-state index is 4.72. The summed E-state index contributed by atoms with van der Waals surface area (Å²) in [4.78, 5) is 11.2. The summed E-state index contributed by atoms with van der Waals surface area (Å²) >= 11 is 0. The zero-order chi connectivity index (χ0) is 17.6. The lowest BCUT2D eigenvalue weighted by Gasteiger charge is -1.67. The monoisotopic (exact) mass is 332 g/mol. The van der Waals surface area contributed by atoms with Crippen LogP contribution in [0.4, 0.5) is 0 Å². The van der Waals surface area contributed by atoms with Gasteiger partial charge in [0.25, 0.3) is 0 Å². The van der Waals surface area contributed by atoms with E-state index in [2.05, 4.69) is 29.0 Å². The summed E-state index contributed by atoms with van der Waals surface area (Å²) in [5, 5.41) is 3.45. The van der Waals surface area contributed by atoms with Gasteiger partial charge in [-0.25, -0.2) is 15.0 Å². The minimum Gasteiger partial charge on any atom is -0.452 e. The maximum atomic E-state index is 4.72. The highest BCUT2D eigenvalue weighted by Gasteiger charge is 1.79. The molecule has 8 nitrogen and oxygen atoms in total. The second-order valence-electron chi connectivity index (χ2n) is 4.42. The van der Waals surface area contributed by atoms with Gasteiger partial charge in [0.1, 0.15) is 24.0 Å². The van der Waals surface area contributed by atoms with Crippen molar-refractivity contribution >= 4 is 0 Å². The summed E-state index contributed by atoms with van der Waals surface area (Å²) in [6.07, 6.45) is 10.9. The molecule has 0 atom stereocenters. The van der Waals surface area contributed by atoms with Gasteiger partial charge in [0.2, 0.25) is 0 Å². The van der Waals surface area contributed by atoms with Crippen molar-refractivity contribution in [1.82, 2.24) is 20.1 Å². The van der Waals surface area contributed by atoms with Gasteiger partial charge in [-0.3, -0.25) is 0 Å². The Hall–Kier alpha value is -3.16. The lowest BCUT2D eigenvalue weighted by molar-refractivity contribution is 0.397. The number of oxazole rings is 3. The zero-order valence-corrected chi connectivity index (χ0v) is 14.0. The number of rotatable bonds is 0. The summed E-state index contributed by atoms with van der Waals surface area (Å²) in [6, 6.07) is 1.81. The van der Waals surface area contributed by atoms with E-state index in [0.717, 1.165) is 23.1 Å². The predicted octanol–water partition coefficient (Wildman–Crippen LogP) is 3.93. The van der Waals surface area contributed by atoms with Gasteiger partial charge in [0.05, 0.1) is 24.3 Å². The molecule has 4 aromatic heterocycles. The standard InChI is InChI=1S/4C4H5NO/c1-4-2-6-3-5-4;1-4-2-5-3-6-4;1-4-5-2-3-6-4;1-4-2-3-5-6-4/h4*2-3H,1H3. The molecule has 24 heavy (non-hydrogen) atoms. The van der Waals surface area contributed by atoms with E-state index in [1.54, 1.807) is 44.1 Å². The van der Waals surface area contributed by atoms with Crippen LogP contribution < -0.4 is 0 Å². The molecule has 0 bridgehead atoms. The van der Waals surface area contributed by atoms with Crippen molar-refractivity contribution in [2.24, 2.45) is 0 Å². The molecule has 0 radical (unpaired) electrons. The lowest BCUT2D eigenvalue weighted by atomic mass is 10.5. The molecule has 4 aromatic rings. The largest absolute Gasteiger partial charge is 0.452 e. The Morgan fingerprint density at radius 2 is 1.71 bits per heavy atom. The first-order valence-electron chi connectivity index (χ1n) is 7.01. The first kappa shape index (κ1) is 18.9. The smallest absolute Gasteiger partial charge is 0.190 e. The summed E-state index contributed by atoms with van der Waals surface area (Å²) in [5.74, 6) is 2.43. The Bertz CT molecular complexity index is 573. The minimum atomic E-state index is 0.718. The van der Waals surface area contributed by atoms with E-state index in [9.17, 15) is 0 Å². The van der Waals surface area contributed by atoms with Crippen LogP contribution in [0.15, 0.2) is 67.7 Å². The van der Waals surface area contributed by atoms with Gasteiger partial charge >= 0.3 is 0 Å². The highest BCUT2D eigenvalue weighted by Crippen LogP contribution is 1.89. The summed E-state index contributed by atoms with van der Waals surface area (Å²) in [6.45, 7) is 7.39. The fourth-order valence-electron chi connectivity index (χ4n) is 1.13. The Kier molecular flexibility index (Phi) is 8.98. The minimum absolute atomic E-state index is 0.718. The molecule has 4 rings (SSSR count). The lowest BCUT2D eigenvalue weighted by Crippen LogP contribution is -1.59. The van der Waals surface area contributed by atoms with Gasteiger partial charge in [-0.15, -0.1) is 0 Å². The van der Waals surface area contributed by atoms with E-state index >= 15 is 0 Å². The molecule has 0 aliphatic heterocycles. The molecule has 0 fully saturated rings. The number of nitrogens with zero attached hydrogens (tertiary/aromatic N) is 4. The van der Waals surface area contributed by atoms with E-state index in [1.165, 1.54) is 12.8 Å². The Labute approximate surface area is 139 Å². The number of hydrogen-bond acceptors (Lipinski definition) is 8. The second-order valence-corrected chi connectivity index (χ2v) is 4.42. The summed E-state index contributed by atoms with van der Waals surface area (Å²) < 4.78 is 18.6. The molecule has 0 saturated heterocycles. The molecule has 128 valence electrons. The number of aryl methyl sites for hydroxylation is 4. The molecule has 0 N–H and O–H groups in total. The Morgan fingerprint density at radius 1 is 0.875 bits per heavy atom. The quantitative estimate of drug-likeness (QED) is 0.477. The van der Waals surface area contributed by atoms with E-state index in [4.69, 9.17) is 8.83 Å². The van der Waals surface area contributed by atoms with Crippen molar-refractivity contribution in [2.75, 3.05) is 0 Å². The molecule has 0 aliphatic rings. The number of hydrogen-bond donors (Lipinski definition) is 0. The number of aromatic nitrogens is 4. The molecular weight excluding hydrogens is 312 g/mol. The first-order chi connectivity index (χ1) is 11.6. The van der Waals surface area contributed by atoms with Crippen LogP contribution in [0.1, 0.15) is 23.1 Å². The second kappa shape index (κ2) is 11.4. The molecular formula is C16H20N4O4. The van der Waals surface area contributed by atoms with E-state index < -0.39 is 0 Å². The highest BCUT2D eigenvalue weighted by atomic mass is 16.5. The van der Waals surface area contributed by atoms with Crippen LogP contribution in [0.3, 0.4) is 0 Å². The molecule has 0 aromatic carbocycles. The van der Waals surface area contributed by atoms with Crippen LogP contribution in [0.25, 0.3) is 0 Å². The van der Waals surface area contributed by atoms with Crippen molar-refractivity contribution in [3.63, 3.8) is 0 Å². The van der Waals surface area contributed by atoms with Crippen LogP contribution in [-0.4, -0.2) is 20.1 Å². The van der Waals surface area contributed by atoms with Crippen LogP contribution >= 0.6 is 0 Å². The molecule has 4 heterocycles. The van der Waals surface area contributed by atoms with E-state index in [1.807, 2.05) is 20.8 Å². The van der Waals surface area contributed by atoms with Gasteiger partial charge in [-0.05, 0) is 20.8 Å². The molecule has 0 unspecified atom stereocenters. The van der Waals surface area contributed by atoms with Crippen LogP contribution in [0, 0.1) is 27.7 Å². The van der Waals surface area contributed by atoms with Crippen LogP contribution in [0.2, 0.25) is 0 Å². The Balaban J connectivity index is 0.000000160. The molecule has 0 spiro atoms. The molecule has 0 aliphatic carbocycles. The summed E-state index contributed by atoms with van der Waals surface area (Å²) in [5.41, 5.74) is 0.926.